The van der Waals surface area contributed by atoms with Crippen LogP contribution in [-0.2, 0) is 0 Å². The number of benzene rings is 1. The van der Waals surface area contributed by atoms with Crippen molar-refractivity contribution in [2.24, 2.45) is 0 Å². The molecule has 0 amide bonds. The molecule has 3 N–H and O–H groups in total. The average Bonchev–Trinajstić information content (AvgIpc) is 2.53. The average molecular weight is 373 g/mol. The topological polar surface area (TPSA) is 85.4 Å². The van der Waals surface area contributed by atoms with E-state index in [0.29, 0.717) is 6.61 Å². The number of carbonyl (C=O) groups is 1. The summed E-state index contributed by atoms with van der Waals surface area (Å²) in [5, 5.41) is 9.05. The van der Waals surface area contributed by atoms with Crippen LogP contribution < -0.4 is 10.5 Å². The highest BCUT2D eigenvalue weighted by atomic mass is 35.5. The van der Waals surface area contributed by atoms with Crippen molar-refractivity contribution >= 4 is 34.9 Å². The van der Waals surface area contributed by atoms with Crippen molar-refractivity contribution in [3.63, 3.8) is 0 Å². The Balaban J connectivity index is 2.53. The molecule has 1 aromatic heterocycles. The molecule has 0 aliphatic rings. The summed E-state index contributed by atoms with van der Waals surface area (Å²) in [5.74, 6) is -2.19. The maximum absolute atomic E-state index is 14.7. The molecule has 1 heterocycles. The number of hydrogen-bond acceptors (Lipinski definition) is 4. The molecule has 128 valence electrons. The van der Waals surface area contributed by atoms with Crippen molar-refractivity contribution in [1.82, 2.24) is 4.98 Å². The van der Waals surface area contributed by atoms with Crippen LogP contribution in [-0.4, -0.2) is 22.7 Å². The summed E-state index contributed by atoms with van der Waals surface area (Å²) in [6.07, 6.45) is 1.63. The normalized spacial score (nSPS) is 10.7. The number of nitrogens with zero attached hydrogens (tertiary/aromatic N) is 1. The van der Waals surface area contributed by atoms with E-state index in [1.165, 1.54) is 18.2 Å². The maximum Gasteiger partial charge on any atom is 0.356 e. The van der Waals surface area contributed by atoms with E-state index in [-0.39, 0.29) is 32.7 Å². The van der Waals surface area contributed by atoms with Gasteiger partial charge in [-0.2, -0.15) is 0 Å². The molecule has 0 bridgehead atoms. The minimum Gasteiger partial charge on any atom is -0.489 e. The van der Waals surface area contributed by atoms with Crippen LogP contribution in [0.3, 0.4) is 0 Å². The Morgan fingerprint density at radius 3 is 2.75 bits per heavy atom. The number of aromatic nitrogens is 1. The Morgan fingerprint density at radius 2 is 2.12 bits per heavy atom. The number of pyridine rings is 1. The van der Waals surface area contributed by atoms with E-state index in [0.717, 1.165) is 12.8 Å². The van der Waals surface area contributed by atoms with Gasteiger partial charge in [-0.05, 0) is 24.6 Å². The Bertz CT molecular complexity index is 784. The molecule has 0 saturated carbocycles. The minimum absolute atomic E-state index is 0.0122. The summed E-state index contributed by atoms with van der Waals surface area (Å²) in [5.41, 5.74) is 5.29. The largest absolute Gasteiger partial charge is 0.489 e. The van der Waals surface area contributed by atoms with Gasteiger partial charge in [-0.25, -0.2) is 14.2 Å². The summed E-state index contributed by atoms with van der Waals surface area (Å²) >= 11 is 11.8. The zero-order valence-electron chi connectivity index (χ0n) is 12.8. The molecule has 1 aromatic carbocycles. The zero-order chi connectivity index (χ0) is 17.9. The molecule has 24 heavy (non-hydrogen) atoms. The molecule has 0 atom stereocenters. The number of carboxylic acids is 1. The van der Waals surface area contributed by atoms with E-state index >= 15 is 0 Å². The van der Waals surface area contributed by atoms with Crippen LogP contribution in [0.15, 0.2) is 18.2 Å². The van der Waals surface area contributed by atoms with Gasteiger partial charge in [0.25, 0.3) is 0 Å². The number of halogens is 3. The highest BCUT2D eigenvalue weighted by molar-refractivity contribution is 6.35. The second-order valence-electron chi connectivity index (χ2n) is 5.00. The van der Waals surface area contributed by atoms with Gasteiger partial charge in [0.05, 0.1) is 28.0 Å². The summed E-state index contributed by atoms with van der Waals surface area (Å²) in [4.78, 5) is 15.1. The third kappa shape index (κ3) is 3.71. The van der Waals surface area contributed by atoms with Crippen molar-refractivity contribution in [2.75, 3.05) is 12.3 Å². The third-order valence-corrected chi connectivity index (χ3v) is 3.95. The van der Waals surface area contributed by atoms with Crippen LogP contribution >= 0.6 is 23.2 Å². The molecule has 8 heteroatoms. The first-order valence-corrected chi connectivity index (χ1v) is 7.92. The predicted octanol–water partition coefficient (Wildman–Crippen LogP) is 4.65. The number of anilines is 1. The molecule has 2 rings (SSSR count). The Kier molecular flexibility index (Phi) is 5.85. The van der Waals surface area contributed by atoms with Gasteiger partial charge in [-0.3, -0.25) is 0 Å². The number of unbranched alkanes of at least 4 members (excludes halogenated alkanes) is 1. The number of nitrogens with two attached hydrogens (primary N) is 1. The molecule has 0 radical (unpaired) electrons. The van der Waals surface area contributed by atoms with Crippen molar-refractivity contribution < 1.29 is 19.0 Å². The fourth-order valence-corrected chi connectivity index (χ4v) is 2.39. The van der Waals surface area contributed by atoms with Crippen molar-refractivity contribution in [3.05, 3.63) is 39.8 Å². The Hall–Kier alpha value is -2.05. The molecule has 0 aliphatic heterocycles. The highest BCUT2D eigenvalue weighted by Crippen LogP contribution is 2.36. The first kappa shape index (κ1) is 18.3. The summed E-state index contributed by atoms with van der Waals surface area (Å²) in [7, 11) is 0. The smallest absolute Gasteiger partial charge is 0.356 e. The SMILES string of the molecule is CCCCOc1c(Cl)ccc(-c2cc(N)c(Cl)c(C(=O)O)n2)c1F. The Morgan fingerprint density at radius 1 is 1.42 bits per heavy atom. The van der Waals surface area contributed by atoms with Crippen molar-refractivity contribution in [1.29, 1.82) is 0 Å². The maximum atomic E-state index is 14.7. The molecule has 0 aliphatic carbocycles. The molecule has 0 fully saturated rings. The Labute approximate surface area is 148 Å². The van der Waals surface area contributed by atoms with Gasteiger partial charge in [0.1, 0.15) is 0 Å². The first-order valence-electron chi connectivity index (χ1n) is 7.17. The fourth-order valence-electron chi connectivity index (χ4n) is 2.01. The first-order chi connectivity index (χ1) is 11.4. The van der Waals surface area contributed by atoms with Gasteiger partial charge >= 0.3 is 5.97 Å². The van der Waals surface area contributed by atoms with Gasteiger partial charge in [0.2, 0.25) is 0 Å². The van der Waals surface area contributed by atoms with E-state index in [2.05, 4.69) is 4.98 Å². The van der Waals surface area contributed by atoms with Gasteiger partial charge in [0, 0.05) is 5.56 Å². The van der Waals surface area contributed by atoms with Crippen LogP contribution in [0.1, 0.15) is 30.3 Å². The van der Waals surface area contributed by atoms with Crippen LogP contribution in [0.4, 0.5) is 10.1 Å². The van der Waals surface area contributed by atoms with Crippen LogP contribution in [0.2, 0.25) is 10.0 Å². The standard InChI is InChI=1S/C16H15Cl2FN2O3/c1-2-3-6-24-15-9(17)5-4-8(13(15)19)11-7-10(20)12(18)14(21-11)16(22)23/h4-5,7H,2-3,6H2,1H3,(H2,20,21)(H,22,23). The van der Waals surface area contributed by atoms with E-state index in [1.54, 1.807) is 0 Å². The lowest BCUT2D eigenvalue weighted by atomic mass is 10.1. The number of rotatable bonds is 6. The quantitative estimate of drug-likeness (QED) is 0.720. The van der Waals surface area contributed by atoms with E-state index in [1.807, 2.05) is 6.92 Å². The fraction of sp³-hybridized carbons (Fsp3) is 0.250. The van der Waals surface area contributed by atoms with E-state index in [9.17, 15) is 9.18 Å². The van der Waals surface area contributed by atoms with Crippen LogP contribution in [0, 0.1) is 5.82 Å². The van der Waals surface area contributed by atoms with Crippen LogP contribution in [0.5, 0.6) is 5.75 Å². The molecule has 0 unspecified atom stereocenters. The second-order valence-corrected chi connectivity index (χ2v) is 5.79. The summed E-state index contributed by atoms with van der Waals surface area (Å²) < 4.78 is 20.1. The number of ether oxygens (including phenoxy) is 1. The van der Waals surface area contributed by atoms with Crippen molar-refractivity contribution in [2.45, 2.75) is 19.8 Å². The molecule has 5 nitrogen and oxygen atoms in total. The zero-order valence-corrected chi connectivity index (χ0v) is 14.3. The van der Waals surface area contributed by atoms with Crippen molar-refractivity contribution in [3.8, 4) is 17.0 Å². The van der Waals surface area contributed by atoms with Crippen LogP contribution in [0.25, 0.3) is 11.3 Å². The molecule has 0 spiro atoms. The second kappa shape index (κ2) is 7.68. The lowest BCUT2D eigenvalue weighted by molar-refractivity contribution is 0.0691. The summed E-state index contributed by atoms with van der Waals surface area (Å²) in [6.45, 7) is 2.29. The van der Waals surface area contributed by atoms with E-state index < -0.39 is 17.5 Å². The minimum atomic E-state index is -1.36. The van der Waals surface area contributed by atoms with Gasteiger partial charge in [-0.15, -0.1) is 0 Å². The number of aromatic carboxylic acids is 1. The van der Waals surface area contributed by atoms with Gasteiger partial charge in [0.15, 0.2) is 17.3 Å². The number of carboxylic acid groups (broad SMARTS) is 1. The molecular formula is C16H15Cl2FN2O3. The number of nitrogen functional groups attached to an aromatic ring is 1. The highest BCUT2D eigenvalue weighted by Gasteiger charge is 2.20. The molecular weight excluding hydrogens is 358 g/mol. The lowest BCUT2D eigenvalue weighted by Crippen LogP contribution is -2.06. The van der Waals surface area contributed by atoms with Gasteiger partial charge in [-0.1, -0.05) is 36.5 Å². The molecule has 2 aromatic rings. The monoisotopic (exact) mass is 372 g/mol. The van der Waals surface area contributed by atoms with Gasteiger partial charge < -0.3 is 15.6 Å². The third-order valence-electron chi connectivity index (χ3n) is 3.26. The number of hydrogen-bond donors (Lipinski definition) is 2. The molecule has 0 saturated heterocycles. The van der Waals surface area contributed by atoms with E-state index in [4.69, 9.17) is 38.8 Å². The summed E-state index contributed by atoms with van der Waals surface area (Å²) in [6, 6.07) is 4.14. The predicted molar refractivity (Wildman–Crippen MR) is 91.4 cm³/mol. The lowest BCUT2D eigenvalue weighted by Gasteiger charge is -2.13.